The summed E-state index contributed by atoms with van der Waals surface area (Å²) in [7, 11) is 0. The molecule has 0 spiro atoms. The minimum Gasteiger partial charge on any atom is -0.281 e. The first-order chi connectivity index (χ1) is 5.84. The lowest BCUT2D eigenvalue weighted by atomic mass is 10.2. The number of carbonyl (C=O) groups excluding carboxylic acids is 1. The van der Waals surface area contributed by atoms with Crippen LogP contribution in [-0.4, -0.2) is 5.12 Å². The van der Waals surface area contributed by atoms with Crippen LogP contribution >= 0.6 is 23.4 Å². The molecule has 0 atom stereocenters. The molecule has 0 N–H and O–H groups in total. The lowest BCUT2D eigenvalue weighted by molar-refractivity contribution is 0.109. The maximum absolute atomic E-state index is 11.3. The van der Waals surface area contributed by atoms with Crippen molar-refractivity contribution in [1.82, 2.24) is 0 Å². The van der Waals surface area contributed by atoms with Crippen molar-refractivity contribution < 1.29 is 4.79 Å². The Morgan fingerprint density at radius 1 is 1.33 bits per heavy atom. The molecule has 0 aromatic heterocycles. The molecular weight excluding hydrogens is 192 g/mol. The molecule has 3 heteroatoms. The highest BCUT2D eigenvalue weighted by atomic mass is 35.5. The molecule has 0 aliphatic rings. The van der Waals surface area contributed by atoms with E-state index >= 15 is 0 Å². The molecule has 1 aromatic rings. The summed E-state index contributed by atoms with van der Waals surface area (Å²) in [5, 5.41) is 1.56. The van der Waals surface area contributed by atoms with Crippen LogP contribution in [0.1, 0.15) is 10.4 Å². The maximum Gasteiger partial charge on any atom is 0.223 e. The molecule has 0 aliphatic carbocycles. The van der Waals surface area contributed by atoms with E-state index in [-0.39, 0.29) is 5.12 Å². The Balaban J connectivity index is 2.66. The molecule has 0 saturated heterocycles. The minimum atomic E-state index is 0.00694. The summed E-state index contributed by atoms with van der Waals surface area (Å²) in [5.74, 6) is 0. The quantitative estimate of drug-likeness (QED) is 0.726. The minimum absolute atomic E-state index is 0.00694. The van der Waals surface area contributed by atoms with Crippen LogP contribution in [-0.2, 0) is 0 Å². The summed E-state index contributed by atoms with van der Waals surface area (Å²) < 4.78 is 0. The SMILES string of the molecule is O=C(SC=CCl)c1ccccc1. The Kier molecular flexibility index (Phi) is 3.91. The normalized spacial score (nSPS) is 10.4. The fourth-order valence-electron chi connectivity index (χ4n) is 0.730. The van der Waals surface area contributed by atoms with Crippen molar-refractivity contribution >= 4 is 28.5 Å². The molecule has 0 amide bonds. The fraction of sp³-hybridized carbons (Fsp3) is 0. The second-order valence-corrected chi connectivity index (χ2v) is 3.16. The van der Waals surface area contributed by atoms with Gasteiger partial charge in [0.15, 0.2) is 0 Å². The van der Waals surface area contributed by atoms with Crippen molar-refractivity contribution in [2.24, 2.45) is 0 Å². The predicted molar refractivity (Wildman–Crippen MR) is 53.4 cm³/mol. The van der Waals surface area contributed by atoms with Crippen molar-refractivity contribution in [3.05, 3.63) is 46.8 Å². The zero-order chi connectivity index (χ0) is 8.81. The molecule has 0 unspecified atom stereocenters. The maximum atomic E-state index is 11.3. The molecule has 12 heavy (non-hydrogen) atoms. The summed E-state index contributed by atoms with van der Waals surface area (Å²) in [4.78, 5) is 11.3. The third-order valence-electron chi connectivity index (χ3n) is 1.24. The van der Waals surface area contributed by atoms with E-state index in [1.807, 2.05) is 18.2 Å². The van der Waals surface area contributed by atoms with Crippen LogP contribution in [0, 0.1) is 0 Å². The molecule has 0 heterocycles. The summed E-state index contributed by atoms with van der Waals surface area (Å²) in [6.45, 7) is 0. The van der Waals surface area contributed by atoms with Gasteiger partial charge in [-0.25, -0.2) is 0 Å². The lowest BCUT2D eigenvalue weighted by Gasteiger charge is -1.93. The van der Waals surface area contributed by atoms with Gasteiger partial charge in [-0.05, 0) is 5.41 Å². The van der Waals surface area contributed by atoms with Gasteiger partial charge < -0.3 is 0 Å². The number of carbonyl (C=O) groups is 1. The second kappa shape index (κ2) is 5.01. The number of thioether (sulfide) groups is 1. The van der Waals surface area contributed by atoms with Gasteiger partial charge in [0, 0.05) is 11.1 Å². The van der Waals surface area contributed by atoms with Crippen LogP contribution in [0.2, 0.25) is 0 Å². The molecule has 1 aromatic carbocycles. The van der Waals surface area contributed by atoms with Crippen molar-refractivity contribution in [3.63, 3.8) is 0 Å². The fourth-order valence-corrected chi connectivity index (χ4v) is 1.33. The van der Waals surface area contributed by atoms with Gasteiger partial charge in [0.2, 0.25) is 5.12 Å². The standard InChI is InChI=1S/C9H7ClOS/c10-6-7-12-9(11)8-4-2-1-3-5-8/h1-7H. The van der Waals surface area contributed by atoms with Gasteiger partial charge in [-0.15, -0.1) is 0 Å². The Morgan fingerprint density at radius 2 is 2.00 bits per heavy atom. The van der Waals surface area contributed by atoms with E-state index in [2.05, 4.69) is 0 Å². The van der Waals surface area contributed by atoms with E-state index in [1.165, 1.54) is 5.54 Å². The van der Waals surface area contributed by atoms with E-state index in [0.29, 0.717) is 5.56 Å². The van der Waals surface area contributed by atoms with Gasteiger partial charge >= 0.3 is 0 Å². The van der Waals surface area contributed by atoms with Gasteiger partial charge in [-0.1, -0.05) is 53.7 Å². The van der Waals surface area contributed by atoms with Crippen molar-refractivity contribution in [2.75, 3.05) is 0 Å². The third-order valence-corrected chi connectivity index (χ3v) is 2.23. The van der Waals surface area contributed by atoms with Crippen LogP contribution in [0.25, 0.3) is 0 Å². The van der Waals surface area contributed by atoms with E-state index < -0.39 is 0 Å². The highest BCUT2D eigenvalue weighted by Gasteiger charge is 2.01. The first-order valence-electron chi connectivity index (χ1n) is 3.36. The van der Waals surface area contributed by atoms with E-state index in [4.69, 9.17) is 11.6 Å². The van der Waals surface area contributed by atoms with Crippen LogP contribution < -0.4 is 0 Å². The number of hydrogen-bond acceptors (Lipinski definition) is 2. The van der Waals surface area contributed by atoms with Gasteiger partial charge in [0.25, 0.3) is 0 Å². The Morgan fingerprint density at radius 3 is 2.58 bits per heavy atom. The molecule has 62 valence electrons. The van der Waals surface area contributed by atoms with Crippen LogP contribution in [0.15, 0.2) is 41.3 Å². The molecule has 1 rings (SSSR count). The smallest absolute Gasteiger partial charge is 0.223 e. The first kappa shape index (κ1) is 9.36. The molecule has 1 nitrogen and oxygen atoms in total. The van der Waals surface area contributed by atoms with Crippen molar-refractivity contribution in [2.45, 2.75) is 0 Å². The van der Waals surface area contributed by atoms with Crippen molar-refractivity contribution in [3.8, 4) is 0 Å². The number of rotatable bonds is 2. The topological polar surface area (TPSA) is 17.1 Å². The first-order valence-corrected chi connectivity index (χ1v) is 4.67. The average Bonchev–Trinajstić information content (AvgIpc) is 2.15. The molecular formula is C9H7ClOS. The van der Waals surface area contributed by atoms with Crippen LogP contribution in [0.3, 0.4) is 0 Å². The molecule has 0 radical (unpaired) electrons. The molecule has 0 fully saturated rings. The van der Waals surface area contributed by atoms with E-state index in [1.54, 1.807) is 17.5 Å². The zero-order valence-electron chi connectivity index (χ0n) is 6.24. The average molecular weight is 199 g/mol. The Bertz CT molecular complexity index is 282. The highest BCUT2D eigenvalue weighted by Crippen LogP contribution is 2.13. The number of benzene rings is 1. The highest BCUT2D eigenvalue weighted by molar-refractivity contribution is 8.16. The largest absolute Gasteiger partial charge is 0.281 e. The van der Waals surface area contributed by atoms with Crippen LogP contribution in [0.5, 0.6) is 0 Å². The van der Waals surface area contributed by atoms with Crippen molar-refractivity contribution in [1.29, 1.82) is 0 Å². The predicted octanol–water partition coefficient (Wildman–Crippen LogP) is 3.27. The Hall–Kier alpha value is -0.730. The summed E-state index contributed by atoms with van der Waals surface area (Å²) in [5.41, 5.74) is 2.02. The summed E-state index contributed by atoms with van der Waals surface area (Å²) >= 11 is 6.36. The van der Waals surface area contributed by atoms with E-state index in [0.717, 1.165) is 11.8 Å². The number of halogens is 1. The van der Waals surface area contributed by atoms with Gasteiger partial charge in [0.05, 0.1) is 0 Å². The molecule has 0 aliphatic heterocycles. The number of hydrogen-bond donors (Lipinski definition) is 0. The van der Waals surface area contributed by atoms with E-state index in [9.17, 15) is 4.79 Å². The second-order valence-electron chi connectivity index (χ2n) is 2.03. The zero-order valence-corrected chi connectivity index (χ0v) is 7.81. The van der Waals surface area contributed by atoms with Crippen LogP contribution in [0.4, 0.5) is 0 Å². The molecule has 0 bridgehead atoms. The summed E-state index contributed by atoms with van der Waals surface area (Å²) in [6, 6.07) is 9.09. The lowest BCUT2D eigenvalue weighted by Crippen LogP contribution is -1.89. The van der Waals surface area contributed by atoms with Gasteiger partial charge in [0.1, 0.15) is 0 Å². The third kappa shape index (κ3) is 2.72. The Labute approximate surface area is 80.4 Å². The molecule has 0 saturated carbocycles. The van der Waals surface area contributed by atoms with Gasteiger partial charge in [-0.3, -0.25) is 4.79 Å². The monoisotopic (exact) mass is 198 g/mol. The summed E-state index contributed by atoms with van der Waals surface area (Å²) in [6.07, 6.45) is 0. The van der Waals surface area contributed by atoms with Gasteiger partial charge in [-0.2, -0.15) is 0 Å².